The predicted molar refractivity (Wildman–Crippen MR) is 88.4 cm³/mol. The third-order valence-electron chi connectivity index (χ3n) is 3.62. The van der Waals surface area contributed by atoms with E-state index in [-0.39, 0.29) is 11.9 Å². The summed E-state index contributed by atoms with van der Waals surface area (Å²) in [5, 5.41) is 0. The first kappa shape index (κ1) is 16.1. The lowest BCUT2D eigenvalue weighted by molar-refractivity contribution is 0.542. The van der Waals surface area contributed by atoms with Crippen LogP contribution >= 0.6 is 15.9 Å². The predicted octanol–water partition coefficient (Wildman–Crippen LogP) is 4.46. The van der Waals surface area contributed by atoms with Crippen molar-refractivity contribution in [3.05, 3.63) is 69.4 Å². The van der Waals surface area contributed by atoms with Gasteiger partial charge in [-0.25, -0.2) is 4.39 Å². The highest BCUT2D eigenvalue weighted by Crippen LogP contribution is 2.27. The molecule has 0 bridgehead atoms. The van der Waals surface area contributed by atoms with Gasteiger partial charge >= 0.3 is 0 Å². The van der Waals surface area contributed by atoms with E-state index in [1.807, 2.05) is 0 Å². The zero-order chi connectivity index (χ0) is 15.4. The quantitative estimate of drug-likeness (QED) is 0.617. The first-order chi connectivity index (χ1) is 10.0. The number of hydrogen-bond donors (Lipinski definition) is 2. The molecule has 2 aromatic carbocycles. The molecular weight excluding hydrogens is 331 g/mol. The Bertz CT molecular complexity index is 596. The molecule has 1 unspecified atom stereocenters. The lowest BCUT2D eigenvalue weighted by atomic mass is 9.96. The van der Waals surface area contributed by atoms with Gasteiger partial charge in [0.1, 0.15) is 5.82 Å². The number of rotatable bonds is 5. The van der Waals surface area contributed by atoms with E-state index in [9.17, 15) is 4.39 Å². The van der Waals surface area contributed by atoms with Gasteiger partial charge in [-0.15, -0.1) is 0 Å². The zero-order valence-electron chi connectivity index (χ0n) is 12.2. The number of hydrogen-bond acceptors (Lipinski definition) is 2. The summed E-state index contributed by atoms with van der Waals surface area (Å²) in [6.07, 6.45) is 0.705. The Morgan fingerprint density at radius 3 is 2.38 bits per heavy atom. The molecule has 0 fully saturated rings. The molecule has 0 amide bonds. The molecular formula is C17H20BrFN2. The van der Waals surface area contributed by atoms with Crippen LogP contribution in [-0.4, -0.2) is 0 Å². The zero-order valence-corrected chi connectivity index (χ0v) is 13.8. The Hall–Kier alpha value is -1.23. The van der Waals surface area contributed by atoms with Gasteiger partial charge in [0.2, 0.25) is 0 Å². The molecule has 2 rings (SSSR count). The highest BCUT2D eigenvalue weighted by Gasteiger charge is 2.15. The topological polar surface area (TPSA) is 38.0 Å². The maximum atomic E-state index is 13.4. The Morgan fingerprint density at radius 1 is 1.14 bits per heavy atom. The number of nitrogens with one attached hydrogen (secondary N) is 1. The van der Waals surface area contributed by atoms with Crippen LogP contribution in [0.4, 0.5) is 4.39 Å². The minimum absolute atomic E-state index is 0.139. The van der Waals surface area contributed by atoms with Crippen LogP contribution in [0.2, 0.25) is 0 Å². The second kappa shape index (κ2) is 7.16. The lowest BCUT2D eigenvalue weighted by Gasteiger charge is -2.18. The van der Waals surface area contributed by atoms with Gasteiger partial charge < -0.3 is 0 Å². The van der Waals surface area contributed by atoms with Gasteiger partial charge in [-0.3, -0.25) is 11.3 Å². The molecule has 0 heterocycles. The van der Waals surface area contributed by atoms with Crippen molar-refractivity contribution in [1.82, 2.24) is 5.43 Å². The van der Waals surface area contributed by atoms with E-state index < -0.39 is 0 Å². The summed E-state index contributed by atoms with van der Waals surface area (Å²) in [5.41, 5.74) is 6.07. The van der Waals surface area contributed by atoms with Gasteiger partial charge in [-0.2, -0.15) is 0 Å². The Morgan fingerprint density at radius 2 is 1.81 bits per heavy atom. The Balaban J connectivity index is 2.20. The molecule has 0 saturated heterocycles. The van der Waals surface area contributed by atoms with Crippen LogP contribution in [0.15, 0.2) is 46.9 Å². The molecule has 0 saturated carbocycles. The number of halogens is 2. The second-order valence-electron chi connectivity index (χ2n) is 5.49. The minimum atomic E-state index is -0.261. The van der Waals surface area contributed by atoms with E-state index in [0.29, 0.717) is 12.3 Å². The number of benzene rings is 2. The molecule has 0 aromatic heterocycles. The summed E-state index contributed by atoms with van der Waals surface area (Å²) in [4.78, 5) is 0. The molecule has 21 heavy (non-hydrogen) atoms. The highest BCUT2D eigenvalue weighted by molar-refractivity contribution is 9.10. The van der Waals surface area contributed by atoms with Crippen LogP contribution in [0.25, 0.3) is 0 Å². The summed E-state index contributed by atoms with van der Waals surface area (Å²) in [5.74, 6) is 5.91. The fourth-order valence-electron chi connectivity index (χ4n) is 2.31. The summed E-state index contributed by atoms with van der Waals surface area (Å²) in [6, 6.07) is 13.0. The van der Waals surface area contributed by atoms with E-state index in [0.717, 1.165) is 10.0 Å². The fourth-order valence-corrected chi connectivity index (χ4v) is 2.84. The molecule has 0 aliphatic rings. The average Bonchev–Trinajstić information content (AvgIpc) is 2.48. The number of hydrazine groups is 1. The first-order valence-corrected chi connectivity index (χ1v) is 7.80. The fraction of sp³-hybridized carbons (Fsp3) is 0.294. The van der Waals surface area contributed by atoms with Gasteiger partial charge in [-0.1, -0.05) is 54.0 Å². The summed E-state index contributed by atoms with van der Waals surface area (Å²) in [6.45, 7) is 4.34. The second-order valence-corrected chi connectivity index (χ2v) is 6.34. The van der Waals surface area contributed by atoms with Crippen molar-refractivity contribution in [3.8, 4) is 0 Å². The molecule has 0 spiro atoms. The first-order valence-electron chi connectivity index (χ1n) is 7.01. The van der Waals surface area contributed by atoms with Crippen molar-refractivity contribution >= 4 is 15.9 Å². The van der Waals surface area contributed by atoms with Gasteiger partial charge in [0.15, 0.2) is 0 Å². The van der Waals surface area contributed by atoms with Gasteiger partial charge in [0, 0.05) is 4.47 Å². The molecule has 4 heteroatoms. The summed E-state index contributed by atoms with van der Waals surface area (Å²) < 4.78 is 14.3. The average molecular weight is 351 g/mol. The van der Waals surface area contributed by atoms with E-state index in [2.05, 4.69) is 59.5 Å². The van der Waals surface area contributed by atoms with E-state index in [1.165, 1.54) is 23.3 Å². The molecule has 3 N–H and O–H groups in total. The van der Waals surface area contributed by atoms with Gasteiger partial charge in [-0.05, 0) is 47.2 Å². The molecule has 1 atom stereocenters. The van der Waals surface area contributed by atoms with Crippen LogP contribution in [0.1, 0.15) is 42.5 Å². The van der Waals surface area contributed by atoms with Crippen LogP contribution in [0, 0.1) is 5.82 Å². The maximum absolute atomic E-state index is 13.4. The monoisotopic (exact) mass is 350 g/mol. The van der Waals surface area contributed by atoms with Crippen molar-refractivity contribution in [2.24, 2.45) is 5.84 Å². The van der Waals surface area contributed by atoms with E-state index in [1.54, 1.807) is 6.07 Å². The largest absolute Gasteiger partial charge is 0.271 e. The molecule has 0 aliphatic heterocycles. The third kappa shape index (κ3) is 4.13. The van der Waals surface area contributed by atoms with Crippen LogP contribution < -0.4 is 11.3 Å². The van der Waals surface area contributed by atoms with Crippen molar-refractivity contribution < 1.29 is 4.39 Å². The van der Waals surface area contributed by atoms with Crippen LogP contribution in [0.5, 0.6) is 0 Å². The number of nitrogens with two attached hydrogens (primary N) is 1. The summed E-state index contributed by atoms with van der Waals surface area (Å²) in [7, 11) is 0. The maximum Gasteiger partial charge on any atom is 0.123 e. The van der Waals surface area contributed by atoms with E-state index >= 15 is 0 Å². The normalized spacial score (nSPS) is 12.7. The van der Waals surface area contributed by atoms with Crippen molar-refractivity contribution in [3.63, 3.8) is 0 Å². The van der Waals surface area contributed by atoms with E-state index in [4.69, 9.17) is 5.84 Å². The van der Waals surface area contributed by atoms with Crippen LogP contribution in [0.3, 0.4) is 0 Å². The van der Waals surface area contributed by atoms with Gasteiger partial charge in [0.05, 0.1) is 6.04 Å². The molecule has 0 radical (unpaired) electrons. The Labute approximate surface area is 133 Å². The van der Waals surface area contributed by atoms with Gasteiger partial charge in [0.25, 0.3) is 0 Å². The minimum Gasteiger partial charge on any atom is -0.271 e. The standard InChI is InChI=1S/C17H20BrFN2/c1-11(2)13-5-3-12(4-6-13)9-17(21-20)15-10-14(19)7-8-16(15)18/h3-8,10-11,17,21H,9,20H2,1-2H3. The third-order valence-corrected chi connectivity index (χ3v) is 4.34. The lowest BCUT2D eigenvalue weighted by Crippen LogP contribution is -2.30. The van der Waals surface area contributed by atoms with Crippen molar-refractivity contribution in [2.45, 2.75) is 32.2 Å². The van der Waals surface area contributed by atoms with Crippen molar-refractivity contribution in [2.75, 3.05) is 0 Å². The van der Waals surface area contributed by atoms with Crippen LogP contribution in [-0.2, 0) is 6.42 Å². The van der Waals surface area contributed by atoms with Crippen molar-refractivity contribution in [1.29, 1.82) is 0 Å². The highest BCUT2D eigenvalue weighted by atomic mass is 79.9. The SMILES string of the molecule is CC(C)c1ccc(CC(NN)c2cc(F)ccc2Br)cc1. The summed E-state index contributed by atoms with van der Waals surface area (Å²) >= 11 is 3.45. The molecule has 0 aliphatic carbocycles. The molecule has 2 aromatic rings. The smallest absolute Gasteiger partial charge is 0.123 e. The Kier molecular flexibility index (Phi) is 5.51. The molecule has 112 valence electrons. The molecule has 2 nitrogen and oxygen atoms in total.